The summed E-state index contributed by atoms with van der Waals surface area (Å²) in [4.78, 5) is 13.8. The molecular formula is C22H25FN4O2. The van der Waals surface area contributed by atoms with E-state index in [2.05, 4.69) is 10.4 Å². The van der Waals surface area contributed by atoms with Crippen LogP contribution in [0.4, 0.5) is 15.0 Å². The Balaban J connectivity index is 1.48. The molecule has 2 aromatic carbocycles. The van der Waals surface area contributed by atoms with Gasteiger partial charge in [0.05, 0.1) is 11.6 Å². The zero-order valence-electron chi connectivity index (χ0n) is 17.1. The van der Waals surface area contributed by atoms with Gasteiger partial charge in [0.2, 0.25) is 0 Å². The lowest BCUT2D eigenvalue weighted by Crippen LogP contribution is -2.58. The fraction of sp³-hybridized carbons (Fsp3) is 0.364. The number of aromatic nitrogens is 2. The highest BCUT2D eigenvalue weighted by atomic mass is 19.1. The van der Waals surface area contributed by atoms with Gasteiger partial charge in [-0.25, -0.2) is 9.18 Å². The fourth-order valence-corrected chi connectivity index (χ4v) is 3.46. The number of rotatable bonds is 3. The Hall–Kier alpha value is -3.09. The number of anilines is 1. The largest absolute Gasteiger partial charge is 0.444 e. The third kappa shape index (κ3) is 4.04. The van der Waals surface area contributed by atoms with Crippen LogP contribution >= 0.6 is 0 Å². The Kier molecular flexibility index (Phi) is 4.68. The van der Waals surface area contributed by atoms with Gasteiger partial charge in [-0.1, -0.05) is 18.2 Å². The summed E-state index contributed by atoms with van der Waals surface area (Å²) in [5, 5.41) is 9.06. The highest BCUT2D eigenvalue weighted by Crippen LogP contribution is 2.30. The summed E-state index contributed by atoms with van der Waals surface area (Å²) in [5.41, 5.74) is 2.08. The van der Waals surface area contributed by atoms with Crippen LogP contribution in [0.2, 0.25) is 0 Å². The van der Waals surface area contributed by atoms with Gasteiger partial charge in [-0.05, 0) is 56.2 Å². The lowest BCUT2D eigenvalue weighted by atomic mass is 10.0. The zero-order chi connectivity index (χ0) is 20.8. The van der Waals surface area contributed by atoms with Crippen LogP contribution in [0, 0.1) is 5.82 Å². The topological polar surface area (TPSA) is 59.4 Å². The predicted molar refractivity (Wildman–Crippen MR) is 111 cm³/mol. The number of hydrogen-bond acceptors (Lipinski definition) is 4. The molecule has 1 saturated heterocycles. The third-order valence-electron chi connectivity index (χ3n) is 4.87. The molecule has 152 valence electrons. The monoisotopic (exact) mass is 396 g/mol. The molecule has 0 atom stereocenters. The Morgan fingerprint density at radius 2 is 1.90 bits per heavy atom. The van der Waals surface area contributed by atoms with E-state index in [1.54, 1.807) is 15.6 Å². The van der Waals surface area contributed by atoms with Crippen LogP contribution in [0.3, 0.4) is 0 Å². The number of fused-ring (bicyclic) bond motifs is 1. The summed E-state index contributed by atoms with van der Waals surface area (Å²) in [6.07, 6.45) is -0.287. The second-order valence-electron chi connectivity index (χ2n) is 8.44. The third-order valence-corrected chi connectivity index (χ3v) is 4.87. The van der Waals surface area contributed by atoms with Crippen molar-refractivity contribution in [3.05, 3.63) is 48.3 Å². The van der Waals surface area contributed by atoms with E-state index in [0.717, 1.165) is 27.8 Å². The predicted octanol–water partition coefficient (Wildman–Crippen LogP) is 4.41. The van der Waals surface area contributed by atoms with Crippen molar-refractivity contribution >= 4 is 22.8 Å². The van der Waals surface area contributed by atoms with Gasteiger partial charge in [0.25, 0.3) is 0 Å². The van der Waals surface area contributed by atoms with Crippen molar-refractivity contribution in [3.8, 4) is 11.1 Å². The van der Waals surface area contributed by atoms with Crippen molar-refractivity contribution in [2.75, 3.05) is 18.4 Å². The van der Waals surface area contributed by atoms with Gasteiger partial charge in [0.15, 0.2) is 0 Å². The summed E-state index contributed by atoms with van der Waals surface area (Å²) in [5.74, 6) is 0.644. The molecule has 0 radical (unpaired) electrons. The first kappa shape index (κ1) is 19.2. The second-order valence-corrected chi connectivity index (χ2v) is 8.44. The molecule has 1 N–H and O–H groups in total. The van der Waals surface area contributed by atoms with Crippen molar-refractivity contribution in [1.29, 1.82) is 0 Å². The Bertz CT molecular complexity index is 1060. The zero-order valence-corrected chi connectivity index (χ0v) is 17.1. The minimum Gasteiger partial charge on any atom is -0.444 e. The SMILES string of the molecule is Cn1nc2cc(-c3cccc(F)c3)ccc2c1NC1CN(C(=O)OC(C)(C)C)C1. The molecule has 1 aliphatic rings. The van der Waals surface area contributed by atoms with Gasteiger partial charge in [-0.2, -0.15) is 5.10 Å². The van der Waals surface area contributed by atoms with E-state index in [1.807, 2.05) is 52.1 Å². The summed E-state index contributed by atoms with van der Waals surface area (Å²) in [6.45, 7) is 6.76. The van der Waals surface area contributed by atoms with Gasteiger partial charge in [-0.15, -0.1) is 0 Å². The first-order valence-corrected chi connectivity index (χ1v) is 9.67. The molecule has 2 heterocycles. The van der Waals surface area contributed by atoms with Gasteiger partial charge in [0, 0.05) is 25.5 Å². The highest BCUT2D eigenvalue weighted by molar-refractivity contribution is 5.93. The smallest absolute Gasteiger partial charge is 0.410 e. The van der Waals surface area contributed by atoms with E-state index in [1.165, 1.54) is 12.1 Å². The summed E-state index contributed by atoms with van der Waals surface area (Å²) < 4.78 is 20.7. The average molecular weight is 396 g/mol. The lowest BCUT2D eigenvalue weighted by molar-refractivity contribution is 0.0104. The molecule has 0 spiro atoms. The van der Waals surface area contributed by atoms with Crippen molar-refractivity contribution in [2.24, 2.45) is 7.05 Å². The number of halogens is 1. The number of nitrogens with one attached hydrogen (secondary N) is 1. The maximum atomic E-state index is 13.5. The quantitative estimate of drug-likeness (QED) is 0.712. The van der Waals surface area contributed by atoms with E-state index in [0.29, 0.717) is 13.1 Å². The highest BCUT2D eigenvalue weighted by Gasteiger charge is 2.34. The molecule has 3 aromatic rings. The summed E-state index contributed by atoms with van der Waals surface area (Å²) in [7, 11) is 1.88. The van der Waals surface area contributed by atoms with Crippen molar-refractivity contribution in [3.63, 3.8) is 0 Å². The van der Waals surface area contributed by atoms with Gasteiger partial charge in [0.1, 0.15) is 17.2 Å². The first-order valence-electron chi connectivity index (χ1n) is 9.67. The van der Waals surface area contributed by atoms with Crippen molar-refractivity contribution in [1.82, 2.24) is 14.7 Å². The number of ether oxygens (including phenoxy) is 1. The normalized spacial score (nSPS) is 14.7. The fourth-order valence-electron chi connectivity index (χ4n) is 3.46. The Morgan fingerprint density at radius 3 is 2.59 bits per heavy atom. The molecule has 0 saturated carbocycles. The number of likely N-dealkylation sites (tertiary alicyclic amines) is 1. The molecule has 0 aliphatic carbocycles. The lowest BCUT2D eigenvalue weighted by Gasteiger charge is -2.40. The van der Waals surface area contributed by atoms with Crippen LogP contribution in [-0.4, -0.2) is 45.5 Å². The number of nitrogens with zero attached hydrogens (tertiary/aromatic N) is 3. The van der Waals surface area contributed by atoms with E-state index >= 15 is 0 Å². The number of aryl methyl sites for hydroxylation is 1. The van der Waals surface area contributed by atoms with Gasteiger partial charge in [-0.3, -0.25) is 4.68 Å². The van der Waals surface area contributed by atoms with Crippen molar-refractivity contribution < 1.29 is 13.9 Å². The van der Waals surface area contributed by atoms with E-state index in [-0.39, 0.29) is 18.0 Å². The molecule has 1 amide bonds. The van der Waals surface area contributed by atoms with Gasteiger partial charge < -0.3 is 15.0 Å². The molecule has 0 unspecified atom stereocenters. The second kappa shape index (κ2) is 7.06. The van der Waals surface area contributed by atoms with Gasteiger partial charge >= 0.3 is 6.09 Å². The molecule has 29 heavy (non-hydrogen) atoms. The van der Waals surface area contributed by atoms with Crippen LogP contribution in [-0.2, 0) is 11.8 Å². The number of carbonyl (C=O) groups is 1. The Morgan fingerprint density at radius 1 is 1.17 bits per heavy atom. The van der Waals surface area contributed by atoms with E-state index < -0.39 is 5.60 Å². The molecular weight excluding hydrogens is 371 g/mol. The van der Waals surface area contributed by atoms with E-state index in [4.69, 9.17) is 4.74 Å². The summed E-state index contributed by atoms with van der Waals surface area (Å²) >= 11 is 0. The number of benzene rings is 2. The number of carbonyl (C=O) groups excluding carboxylic acids is 1. The summed E-state index contributed by atoms with van der Waals surface area (Å²) in [6, 6.07) is 12.6. The van der Waals surface area contributed by atoms with Crippen LogP contribution < -0.4 is 5.32 Å². The molecule has 7 heteroatoms. The maximum Gasteiger partial charge on any atom is 0.410 e. The van der Waals surface area contributed by atoms with E-state index in [9.17, 15) is 9.18 Å². The number of amides is 1. The minimum absolute atomic E-state index is 0.143. The maximum absolute atomic E-state index is 13.5. The molecule has 1 aromatic heterocycles. The molecule has 1 aliphatic heterocycles. The number of hydrogen-bond donors (Lipinski definition) is 1. The minimum atomic E-state index is -0.493. The van der Waals surface area contributed by atoms with Crippen LogP contribution in [0.5, 0.6) is 0 Å². The van der Waals surface area contributed by atoms with Crippen LogP contribution in [0.15, 0.2) is 42.5 Å². The molecule has 4 rings (SSSR count). The first-order chi connectivity index (χ1) is 13.7. The molecule has 6 nitrogen and oxygen atoms in total. The molecule has 1 fully saturated rings. The Labute approximate surface area is 169 Å². The molecule has 0 bridgehead atoms. The standard InChI is InChI=1S/C22H25FN4O2/c1-22(2,3)29-21(28)27-12-17(13-27)24-20-18-9-8-15(11-19(18)25-26(20)4)14-6-5-7-16(23)10-14/h5-11,17,24H,12-13H2,1-4H3. The average Bonchev–Trinajstić information content (AvgIpc) is 2.90. The van der Waals surface area contributed by atoms with Crippen molar-refractivity contribution in [2.45, 2.75) is 32.4 Å². The van der Waals surface area contributed by atoms with Crippen LogP contribution in [0.25, 0.3) is 22.0 Å². The van der Waals surface area contributed by atoms with Crippen LogP contribution in [0.1, 0.15) is 20.8 Å².